The van der Waals surface area contributed by atoms with Crippen molar-refractivity contribution in [3.8, 4) is 0 Å². The third kappa shape index (κ3) is 6.90. The van der Waals surface area contributed by atoms with Gasteiger partial charge in [-0.3, -0.25) is 4.79 Å². The molecular formula is C36H57NO4Si. The molecule has 5 nitrogen and oxygen atoms in total. The van der Waals surface area contributed by atoms with Gasteiger partial charge in [0.25, 0.3) is 0 Å². The lowest BCUT2D eigenvalue weighted by Crippen LogP contribution is -2.44. The predicted octanol–water partition coefficient (Wildman–Crippen LogP) is 9.18. The average Bonchev–Trinajstić information content (AvgIpc) is 3.59. The molecule has 4 aliphatic carbocycles. The molecule has 0 aromatic carbocycles. The van der Waals surface area contributed by atoms with Gasteiger partial charge in [-0.05, 0) is 117 Å². The topological polar surface area (TPSA) is 55.8 Å². The second kappa shape index (κ2) is 12.2. The number of allylic oxidation sites excluding steroid dienone is 5. The van der Waals surface area contributed by atoms with Crippen molar-refractivity contribution in [1.29, 1.82) is 0 Å². The van der Waals surface area contributed by atoms with Crippen molar-refractivity contribution in [3.05, 3.63) is 47.6 Å². The van der Waals surface area contributed by atoms with Crippen LogP contribution in [0.4, 0.5) is 4.79 Å². The van der Waals surface area contributed by atoms with Crippen molar-refractivity contribution in [2.75, 3.05) is 14.1 Å². The van der Waals surface area contributed by atoms with Gasteiger partial charge in [-0.2, -0.15) is 0 Å². The Morgan fingerprint density at radius 2 is 1.76 bits per heavy atom. The van der Waals surface area contributed by atoms with Gasteiger partial charge in [0.2, 0.25) is 0 Å². The number of hydrogen-bond acceptors (Lipinski definition) is 4. The zero-order chi connectivity index (χ0) is 31.1. The van der Waals surface area contributed by atoms with Gasteiger partial charge in [-0.25, -0.2) is 4.79 Å². The first-order valence-corrected chi connectivity index (χ1v) is 19.3. The summed E-state index contributed by atoms with van der Waals surface area (Å²) in [5.74, 6) is 1.36. The van der Waals surface area contributed by atoms with E-state index >= 15 is 0 Å². The molecule has 0 spiro atoms. The van der Waals surface area contributed by atoms with Crippen LogP contribution < -0.4 is 0 Å². The third-order valence-electron chi connectivity index (χ3n) is 11.5. The molecule has 4 fully saturated rings. The van der Waals surface area contributed by atoms with Crippen LogP contribution in [0.3, 0.4) is 0 Å². The minimum atomic E-state index is -1.80. The Balaban J connectivity index is 1.43. The van der Waals surface area contributed by atoms with E-state index in [2.05, 4.69) is 72.5 Å². The number of ketones is 1. The van der Waals surface area contributed by atoms with E-state index in [0.29, 0.717) is 36.7 Å². The fourth-order valence-corrected chi connectivity index (χ4v) is 8.90. The number of nitrogens with zero attached hydrogens (tertiary/aromatic N) is 1. The number of fused-ring (bicyclic) bond motifs is 1. The molecule has 1 amide bonds. The number of carbonyl (C=O) groups is 2. The molecule has 234 valence electrons. The van der Waals surface area contributed by atoms with E-state index in [4.69, 9.17) is 9.16 Å². The van der Waals surface area contributed by atoms with Crippen LogP contribution in [0.25, 0.3) is 0 Å². The molecule has 0 unspecified atom stereocenters. The van der Waals surface area contributed by atoms with Crippen molar-refractivity contribution in [3.63, 3.8) is 0 Å². The van der Waals surface area contributed by atoms with E-state index in [1.165, 1.54) is 48.2 Å². The molecule has 0 heterocycles. The Bertz CT molecular complexity index is 1150. The van der Waals surface area contributed by atoms with Crippen molar-refractivity contribution >= 4 is 20.2 Å². The summed E-state index contributed by atoms with van der Waals surface area (Å²) in [6.45, 7) is 20.9. The van der Waals surface area contributed by atoms with Gasteiger partial charge in [-0.15, -0.1) is 0 Å². The number of rotatable bonds is 8. The summed E-state index contributed by atoms with van der Waals surface area (Å²) in [5.41, 5.74) is 3.54. The summed E-state index contributed by atoms with van der Waals surface area (Å²) in [5, 5.41) is 0.219. The molecule has 0 bridgehead atoms. The van der Waals surface area contributed by atoms with Gasteiger partial charge < -0.3 is 14.1 Å². The van der Waals surface area contributed by atoms with E-state index in [-0.39, 0.29) is 16.2 Å². The molecular weight excluding hydrogens is 538 g/mol. The molecule has 4 saturated carbocycles. The lowest BCUT2D eigenvalue weighted by molar-refractivity contribution is -0.125. The predicted molar refractivity (Wildman–Crippen MR) is 175 cm³/mol. The van der Waals surface area contributed by atoms with Gasteiger partial charge in [0.1, 0.15) is 0 Å². The smallest absolute Gasteiger partial charge is 0.410 e. The number of hydrogen-bond donors (Lipinski definition) is 0. The van der Waals surface area contributed by atoms with Gasteiger partial charge in [0.15, 0.2) is 19.7 Å². The van der Waals surface area contributed by atoms with E-state index in [0.717, 1.165) is 19.3 Å². The van der Waals surface area contributed by atoms with E-state index in [1.54, 1.807) is 25.7 Å². The molecule has 5 atom stereocenters. The maximum absolute atomic E-state index is 13.0. The highest BCUT2D eigenvalue weighted by atomic mass is 28.4. The maximum Gasteiger partial charge on any atom is 0.410 e. The first kappa shape index (κ1) is 33.0. The van der Waals surface area contributed by atoms with E-state index in [1.807, 2.05) is 0 Å². The SMILES string of the molecule is C=C1CC[C@H](O[Si](C)(C)C(C)(C)C)C/C1=C/C=C1\CCC[C@]2(C)[C@@H]([C@H](C)/C=C/C(=O)C3(OC(=O)N(C)C)CC3)CC[C@@H]12. The largest absolute Gasteiger partial charge is 0.434 e. The van der Waals surface area contributed by atoms with Crippen molar-refractivity contribution in [2.45, 2.75) is 129 Å². The third-order valence-corrected chi connectivity index (χ3v) is 16.0. The highest BCUT2D eigenvalue weighted by Crippen LogP contribution is 2.59. The molecule has 0 aromatic rings. The van der Waals surface area contributed by atoms with Crippen LogP contribution in [0.15, 0.2) is 47.6 Å². The Morgan fingerprint density at radius 1 is 1.07 bits per heavy atom. The minimum absolute atomic E-state index is 0.0661. The summed E-state index contributed by atoms with van der Waals surface area (Å²) in [7, 11) is 1.49. The van der Waals surface area contributed by atoms with Crippen molar-refractivity contribution < 1.29 is 18.8 Å². The molecule has 4 aliphatic rings. The minimum Gasteiger partial charge on any atom is -0.434 e. The van der Waals surface area contributed by atoms with Crippen LogP contribution in [0.2, 0.25) is 18.1 Å². The molecule has 42 heavy (non-hydrogen) atoms. The van der Waals surface area contributed by atoms with Crippen LogP contribution in [0, 0.1) is 23.2 Å². The highest BCUT2D eigenvalue weighted by molar-refractivity contribution is 6.74. The first-order chi connectivity index (χ1) is 19.5. The quantitative estimate of drug-likeness (QED) is 0.207. The summed E-state index contributed by atoms with van der Waals surface area (Å²) in [4.78, 5) is 26.5. The standard InChI is InChI=1S/C36H57NO4Si/c1-25-13-17-29(41-42(9,10)34(3,4)5)24-28(25)16-15-27-12-11-21-35(6)30(18-19-31(27)35)26(2)14-20-32(38)36(22-23-36)40-33(39)37(7)8/h14-16,20,26,29-31H,1,11-13,17-19,21-24H2,2-10H3/b20-14+,27-15+,28-16-/t26-,29+,30-,31+,35-/m1/s1. The zero-order valence-corrected chi connectivity index (χ0v) is 29.0. The molecule has 6 heteroatoms. The van der Waals surface area contributed by atoms with E-state index in [9.17, 15) is 9.59 Å². The summed E-state index contributed by atoms with van der Waals surface area (Å²) in [6.07, 6.45) is 18.8. The van der Waals surface area contributed by atoms with Crippen molar-refractivity contribution in [1.82, 2.24) is 4.90 Å². The van der Waals surface area contributed by atoms with Gasteiger partial charge in [0.05, 0.1) is 0 Å². The Hall–Kier alpha value is -1.92. The first-order valence-electron chi connectivity index (χ1n) is 16.4. The van der Waals surface area contributed by atoms with Gasteiger partial charge in [0, 0.05) is 20.2 Å². The Kier molecular flexibility index (Phi) is 9.60. The summed E-state index contributed by atoms with van der Waals surface area (Å²) in [6, 6.07) is 0. The maximum atomic E-state index is 13.0. The number of carbonyl (C=O) groups excluding carboxylic acids is 2. The summed E-state index contributed by atoms with van der Waals surface area (Å²) >= 11 is 0. The summed E-state index contributed by atoms with van der Waals surface area (Å²) < 4.78 is 12.4. The molecule has 0 aliphatic heterocycles. The fourth-order valence-electron chi connectivity index (χ4n) is 7.51. The molecule has 0 N–H and O–H groups in total. The second-order valence-corrected chi connectivity index (χ2v) is 20.5. The van der Waals surface area contributed by atoms with Crippen LogP contribution in [-0.4, -0.2) is 50.9 Å². The lowest BCUT2D eigenvalue weighted by Gasteiger charge is -2.44. The zero-order valence-electron chi connectivity index (χ0n) is 28.0. The normalized spacial score (nSPS) is 32.2. The lowest BCUT2D eigenvalue weighted by atomic mass is 9.61. The number of ether oxygens (including phenoxy) is 1. The monoisotopic (exact) mass is 595 g/mol. The Labute approximate surface area is 257 Å². The second-order valence-electron chi connectivity index (χ2n) is 15.7. The van der Waals surface area contributed by atoms with Crippen molar-refractivity contribution in [2.24, 2.45) is 23.2 Å². The molecule has 0 radical (unpaired) electrons. The highest BCUT2D eigenvalue weighted by Gasteiger charge is 2.54. The van der Waals surface area contributed by atoms with Crippen LogP contribution in [0.5, 0.6) is 0 Å². The molecule has 0 aromatic heterocycles. The fraction of sp³-hybridized carbons (Fsp3) is 0.722. The van der Waals surface area contributed by atoms with Crippen LogP contribution in [0.1, 0.15) is 98.8 Å². The van der Waals surface area contributed by atoms with Crippen LogP contribution in [-0.2, 0) is 14.0 Å². The Morgan fingerprint density at radius 3 is 2.38 bits per heavy atom. The van der Waals surface area contributed by atoms with E-state index < -0.39 is 20.0 Å². The number of amides is 1. The molecule has 4 rings (SSSR count). The van der Waals surface area contributed by atoms with Gasteiger partial charge in [-0.1, -0.05) is 70.6 Å². The molecule has 0 saturated heterocycles. The average molecular weight is 596 g/mol. The van der Waals surface area contributed by atoms with Crippen LogP contribution >= 0.6 is 0 Å². The van der Waals surface area contributed by atoms with Gasteiger partial charge >= 0.3 is 6.09 Å².